The zero-order valence-corrected chi connectivity index (χ0v) is 9.32. The fourth-order valence-electron chi connectivity index (χ4n) is 1.93. The molecule has 1 aliphatic carbocycles. The van der Waals surface area contributed by atoms with Crippen LogP contribution in [0.4, 0.5) is 0 Å². The summed E-state index contributed by atoms with van der Waals surface area (Å²) in [6.45, 7) is 1.68. The van der Waals surface area contributed by atoms with Crippen LogP contribution < -0.4 is 14.8 Å². The minimum Gasteiger partial charge on any atom is -0.490 e. The molecule has 1 unspecified atom stereocenters. The van der Waals surface area contributed by atoms with Crippen molar-refractivity contribution in [3.05, 3.63) is 24.3 Å². The summed E-state index contributed by atoms with van der Waals surface area (Å²) in [5.74, 6) is 1.75. The Hall–Kier alpha value is -1.22. The Labute approximate surface area is 95.8 Å². The van der Waals surface area contributed by atoms with E-state index in [0.29, 0.717) is 0 Å². The van der Waals surface area contributed by atoms with Gasteiger partial charge in [-0.3, -0.25) is 0 Å². The fraction of sp³-hybridized carbons (Fsp3) is 0.538. The summed E-state index contributed by atoms with van der Waals surface area (Å²) in [6.07, 6.45) is 3.83. The van der Waals surface area contributed by atoms with E-state index in [1.165, 1.54) is 12.8 Å². The first-order valence-corrected chi connectivity index (χ1v) is 6.04. The van der Waals surface area contributed by atoms with Gasteiger partial charge in [0.05, 0.1) is 6.61 Å². The Morgan fingerprint density at radius 1 is 1.12 bits per heavy atom. The second kappa shape index (κ2) is 4.34. The zero-order chi connectivity index (χ0) is 10.8. The van der Waals surface area contributed by atoms with Gasteiger partial charge in [-0.1, -0.05) is 12.1 Å². The molecule has 3 heteroatoms. The summed E-state index contributed by atoms with van der Waals surface area (Å²) in [5, 5.41) is 3.50. The van der Waals surface area contributed by atoms with E-state index in [2.05, 4.69) is 5.32 Å². The van der Waals surface area contributed by atoms with Gasteiger partial charge in [0.2, 0.25) is 0 Å². The maximum absolute atomic E-state index is 5.95. The summed E-state index contributed by atoms with van der Waals surface area (Å²) in [6, 6.07) is 8.64. The molecule has 16 heavy (non-hydrogen) atoms. The van der Waals surface area contributed by atoms with Gasteiger partial charge in [-0.25, -0.2) is 0 Å². The maximum Gasteiger partial charge on any atom is 0.161 e. The third kappa shape index (κ3) is 2.30. The molecule has 0 saturated heterocycles. The van der Waals surface area contributed by atoms with Gasteiger partial charge in [0.15, 0.2) is 11.5 Å². The Balaban J connectivity index is 1.64. The molecule has 2 aliphatic rings. The molecule has 86 valence electrons. The number of hydrogen-bond donors (Lipinski definition) is 1. The molecule has 0 bridgehead atoms. The average molecular weight is 219 g/mol. The molecule has 1 N–H and O–H groups in total. The lowest BCUT2D eigenvalue weighted by Crippen LogP contribution is -2.32. The number of benzene rings is 1. The number of fused-ring (bicyclic) bond motifs is 1. The van der Waals surface area contributed by atoms with Gasteiger partial charge in [0, 0.05) is 19.0 Å². The summed E-state index contributed by atoms with van der Waals surface area (Å²) >= 11 is 0. The molecule has 0 radical (unpaired) electrons. The smallest absolute Gasteiger partial charge is 0.161 e. The Morgan fingerprint density at radius 2 is 1.94 bits per heavy atom. The lowest BCUT2D eigenvalue weighted by molar-refractivity contribution is 0.187. The normalized spacial score (nSPS) is 23.9. The van der Waals surface area contributed by atoms with E-state index in [9.17, 15) is 0 Å². The zero-order valence-electron chi connectivity index (χ0n) is 9.32. The highest BCUT2D eigenvalue weighted by molar-refractivity contribution is 5.40. The van der Waals surface area contributed by atoms with Crippen molar-refractivity contribution in [3.63, 3.8) is 0 Å². The first kappa shape index (κ1) is 9.97. The summed E-state index contributed by atoms with van der Waals surface area (Å²) in [5.41, 5.74) is 0. The van der Waals surface area contributed by atoms with E-state index in [1.54, 1.807) is 0 Å². The number of nitrogens with one attached hydrogen (secondary N) is 1. The monoisotopic (exact) mass is 219 g/mol. The standard InChI is InChI=1S/C13H17NO2/c1-2-4-13-12(3-1)15-8-7-11(16-13)9-14-10-5-6-10/h1-4,10-11,14H,5-9H2. The van der Waals surface area contributed by atoms with Crippen molar-refractivity contribution in [2.24, 2.45) is 0 Å². The van der Waals surface area contributed by atoms with Crippen LogP contribution in [0.5, 0.6) is 11.5 Å². The van der Waals surface area contributed by atoms with Crippen molar-refractivity contribution >= 4 is 0 Å². The molecule has 1 aromatic carbocycles. The van der Waals surface area contributed by atoms with Crippen molar-refractivity contribution < 1.29 is 9.47 Å². The van der Waals surface area contributed by atoms with Gasteiger partial charge in [-0.05, 0) is 25.0 Å². The Morgan fingerprint density at radius 3 is 2.75 bits per heavy atom. The third-order valence-corrected chi connectivity index (χ3v) is 3.05. The number of hydrogen-bond acceptors (Lipinski definition) is 3. The predicted octanol–water partition coefficient (Wildman–Crippen LogP) is 1.97. The molecule has 0 amide bonds. The van der Waals surface area contributed by atoms with Crippen molar-refractivity contribution in [2.75, 3.05) is 13.2 Å². The van der Waals surface area contributed by atoms with Gasteiger partial charge < -0.3 is 14.8 Å². The lowest BCUT2D eigenvalue weighted by atomic mass is 10.2. The Kier molecular flexibility index (Phi) is 2.70. The minimum atomic E-state index is 0.240. The largest absolute Gasteiger partial charge is 0.490 e. The molecule has 3 nitrogen and oxygen atoms in total. The van der Waals surface area contributed by atoms with Crippen LogP contribution in [-0.2, 0) is 0 Å². The van der Waals surface area contributed by atoms with Crippen LogP contribution in [0, 0.1) is 0 Å². The highest BCUT2D eigenvalue weighted by atomic mass is 16.5. The number of ether oxygens (including phenoxy) is 2. The van der Waals surface area contributed by atoms with Gasteiger partial charge in [-0.15, -0.1) is 0 Å². The molecule has 1 saturated carbocycles. The Bertz CT molecular complexity index is 363. The molecule has 0 aromatic heterocycles. The lowest BCUT2D eigenvalue weighted by Gasteiger charge is -2.16. The molecule has 1 aromatic rings. The second-order valence-corrected chi connectivity index (χ2v) is 4.51. The van der Waals surface area contributed by atoms with Crippen molar-refractivity contribution in [2.45, 2.75) is 31.4 Å². The van der Waals surface area contributed by atoms with E-state index < -0.39 is 0 Å². The molecular formula is C13H17NO2. The van der Waals surface area contributed by atoms with Crippen molar-refractivity contribution in [3.8, 4) is 11.5 Å². The van der Waals surface area contributed by atoms with Gasteiger partial charge in [0.1, 0.15) is 6.10 Å². The topological polar surface area (TPSA) is 30.5 Å². The van der Waals surface area contributed by atoms with E-state index in [-0.39, 0.29) is 6.10 Å². The highest BCUT2D eigenvalue weighted by Crippen LogP contribution is 2.30. The fourth-order valence-corrected chi connectivity index (χ4v) is 1.93. The van der Waals surface area contributed by atoms with Gasteiger partial charge in [-0.2, -0.15) is 0 Å². The summed E-state index contributed by atoms with van der Waals surface area (Å²) in [7, 11) is 0. The van der Waals surface area contributed by atoms with Crippen LogP contribution in [0.2, 0.25) is 0 Å². The highest BCUT2D eigenvalue weighted by Gasteiger charge is 2.24. The molecule has 1 heterocycles. The molecule has 1 aliphatic heterocycles. The second-order valence-electron chi connectivity index (χ2n) is 4.51. The van der Waals surface area contributed by atoms with Crippen LogP contribution in [0.25, 0.3) is 0 Å². The van der Waals surface area contributed by atoms with E-state index in [1.807, 2.05) is 24.3 Å². The number of rotatable bonds is 3. The third-order valence-electron chi connectivity index (χ3n) is 3.05. The summed E-state index contributed by atoms with van der Waals surface area (Å²) in [4.78, 5) is 0. The molecule has 1 atom stereocenters. The average Bonchev–Trinajstić information content (AvgIpc) is 3.13. The van der Waals surface area contributed by atoms with Crippen molar-refractivity contribution in [1.29, 1.82) is 0 Å². The molecule has 0 spiro atoms. The maximum atomic E-state index is 5.95. The van der Waals surface area contributed by atoms with Crippen molar-refractivity contribution in [1.82, 2.24) is 5.32 Å². The minimum absolute atomic E-state index is 0.240. The van der Waals surface area contributed by atoms with Crippen LogP contribution >= 0.6 is 0 Å². The van der Waals surface area contributed by atoms with Crippen LogP contribution in [0.1, 0.15) is 19.3 Å². The van der Waals surface area contributed by atoms with Crippen LogP contribution in [-0.4, -0.2) is 25.3 Å². The van der Waals surface area contributed by atoms with E-state index in [4.69, 9.17) is 9.47 Å². The predicted molar refractivity (Wildman–Crippen MR) is 62.0 cm³/mol. The quantitative estimate of drug-likeness (QED) is 0.843. The van der Waals surface area contributed by atoms with Gasteiger partial charge in [0.25, 0.3) is 0 Å². The van der Waals surface area contributed by atoms with Crippen LogP contribution in [0.15, 0.2) is 24.3 Å². The first-order chi connectivity index (χ1) is 7.92. The summed E-state index contributed by atoms with van der Waals surface area (Å²) < 4.78 is 11.6. The van der Waals surface area contributed by atoms with Gasteiger partial charge >= 0.3 is 0 Å². The molecule has 3 rings (SSSR count). The van der Waals surface area contributed by atoms with E-state index >= 15 is 0 Å². The number of para-hydroxylation sites is 2. The SMILES string of the molecule is c1ccc2c(c1)OCCC(CNC1CC1)O2. The first-order valence-electron chi connectivity index (χ1n) is 6.04. The molecule has 1 fully saturated rings. The van der Waals surface area contributed by atoms with E-state index in [0.717, 1.165) is 37.1 Å². The van der Waals surface area contributed by atoms with Crippen LogP contribution in [0.3, 0.4) is 0 Å². The molecular weight excluding hydrogens is 202 g/mol.